The van der Waals surface area contributed by atoms with Crippen LogP contribution < -0.4 is 10.6 Å². The maximum Gasteiger partial charge on any atom is 0.407 e. The maximum atomic E-state index is 13.6. The number of aromatic amines is 2. The van der Waals surface area contributed by atoms with Gasteiger partial charge in [-0.3, -0.25) is 9.59 Å². The fraction of sp³-hybridized carbons (Fsp3) is 0.450. The fourth-order valence-corrected chi connectivity index (χ4v) is 7.65. The number of benzene rings is 2. The molecule has 2 aliphatic rings. The van der Waals surface area contributed by atoms with E-state index in [-0.39, 0.29) is 17.9 Å². The molecule has 2 aromatic heterocycles. The molecule has 0 saturated carbocycles. The van der Waals surface area contributed by atoms with Crippen molar-refractivity contribution in [1.82, 2.24) is 40.4 Å². The molecule has 0 bridgehead atoms. The normalized spacial score (nSPS) is 20.3. The van der Waals surface area contributed by atoms with E-state index in [1.807, 2.05) is 55.5 Å². The summed E-state index contributed by atoms with van der Waals surface area (Å²) < 4.78 is 15.5. The van der Waals surface area contributed by atoms with E-state index >= 15 is 0 Å². The van der Waals surface area contributed by atoms with Crippen molar-refractivity contribution in [3.8, 4) is 33.6 Å². The van der Waals surface area contributed by atoms with Gasteiger partial charge in [0.25, 0.3) is 0 Å². The summed E-state index contributed by atoms with van der Waals surface area (Å²) in [6.07, 6.45) is 3.28. The standard InChI is InChI=1S/C40H50N8O8/c1-23(54-4)32(46-39(53)56-6)35(49)47-19-7-9-31(47)34-41-21-29(43-34)27-14-10-25(11-15-27)26-12-16-28(17-13-26)30-22-42-37(44-30)40(3)18-8-20-48(40)36(50)33(24(2)55-5)45-38(51)52/h10-17,21-24,31-33,45H,7-9,18-20H2,1-6H3,(H,41,43)(H,42,44)(H,46,53)(H,51,52)/t23-,24-,31+,32+,33+,40+/m1/s1. The molecular weight excluding hydrogens is 720 g/mol. The first kappa shape index (κ1) is 39.9. The topological polar surface area (TPSA) is 204 Å². The summed E-state index contributed by atoms with van der Waals surface area (Å²) in [5.74, 6) is 0.698. The van der Waals surface area contributed by atoms with Crippen LogP contribution in [0.25, 0.3) is 33.6 Å². The van der Waals surface area contributed by atoms with E-state index in [1.165, 1.54) is 21.3 Å². The Bertz CT molecular complexity index is 2010. The van der Waals surface area contributed by atoms with Gasteiger partial charge in [0.1, 0.15) is 23.7 Å². The van der Waals surface area contributed by atoms with Gasteiger partial charge in [0.15, 0.2) is 0 Å². The Hall–Kier alpha value is -5.74. The third kappa shape index (κ3) is 8.11. The molecule has 2 aromatic carbocycles. The molecule has 2 fully saturated rings. The lowest BCUT2D eigenvalue weighted by atomic mass is 9.96. The zero-order valence-corrected chi connectivity index (χ0v) is 32.5. The molecule has 4 amide bonds. The number of nitrogens with zero attached hydrogens (tertiary/aromatic N) is 4. The Morgan fingerprint density at radius 1 is 0.786 bits per heavy atom. The second-order valence-electron chi connectivity index (χ2n) is 14.5. The van der Waals surface area contributed by atoms with Crippen molar-refractivity contribution in [2.75, 3.05) is 34.4 Å². The molecule has 6 rings (SSSR count). The van der Waals surface area contributed by atoms with Crippen LogP contribution in [0.5, 0.6) is 0 Å². The quantitative estimate of drug-likeness (QED) is 0.122. The van der Waals surface area contributed by atoms with E-state index in [9.17, 15) is 24.3 Å². The molecule has 298 valence electrons. The van der Waals surface area contributed by atoms with E-state index < -0.39 is 42.0 Å². The Morgan fingerprint density at radius 3 is 1.91 bits per heavy atom. The number of likely N-dealkylation sites (tertiary alicyclic amines) is 2. The second-order valence-corrected chi connectivity index (χ2v) is 14.5. The van der Waals surface area contributed by atoms with Crippen LogP contribution in [0.1, 0.15) is 64.1 Å². The van der Waals surface area contributed by atoms with Crippen molar-refractivity contribution in [1.29, 1.82) is 0 Å². The van der Waals surface area contributed by atoms with Gasteiger partial charge in [0.2, 0.25) is 11.8 Å². The highest BCUT2D eigenvalue weighted by Crippen LogP contribution is 2.39. The van der Waals surface area contributed by atoms with Crippen molar-refractivity contribution in [2.24, 2.45) is 0 Å². The van der Waals surface area contributed by atoms with Crippen molar-refractivity contribution in [2.45, 2.75) is 82.3 Å². The van der Waals surface area contributed by atoms with Gasteiger partial charge in [0.05, 0.1) is 54.7 Å². The number of nitrogens with one attached hydrogen (secondary N) is 4. The lowest BCUT2D eigenvalue weighted by Gasteiger charge is -2.37. The second kappa shape index (κ2) is 17.0. The van der Waals surface area contributed by atoms with Crippen LogP contribution in [0.4, 0.5) is 9.59 Å². The first-order valence-corrected chi connectivity index (χ1v) is 18.7. The lowest BCUT2D eigenvalue weighted by molar-refractivity contribution is -0.141. The molecule has 0 aliphatic carbocycles. The molecule has 16 nitrogen and oxygen atoms in total. The minimum atomic E-state index is -1.29. The number of hydrogen-bond acceptors (Lipinski definition) is 9. The number of amides is 4. The molecule has 0 unspecified atom stereocenters. The van der Waals surface area contributed by atoms with Crippen molar-refractivity contribution in [3.63, 3.8) is 0 Å². The highest BCUT2D eigenvalue weighted by molar-refractivity contribution is 5.87. The number of methoxy groups -OCH3 is 3. The predicted octanol–water partition coefficient (Wildman–Crippen LogP) is 5.07. The summed E-state index contributed by atoms with van der Waals surface area (Å²) in [7, 11) is 4.19. The molecule has 0 radical (unpaired) electrons. The average molecular weight is 771 g/mol. The zero-order valence-electron chi connectivity index (χ0n) is 32.5. The molecule has 4 aromatic rings. The summed E-state index contributed by atoms with van der Waals surface area (Å²) in [4.78, 5) is 70.3. The summed E-state index contributed by atoms with van der Waals surface area (Å²) in [6, 6.07) is 14.0. The fourth-order valence-electron chi connectivity index (χ4n) is 7.65. The van der Waals surface area contributed by atoms with Crippen molar-refractivity contribution < 1.29 is 38.5 Å². The zero-order chi connectivity index (χ0) is 40.1. The molecule has 5 N–H and O–H groups in total. The number of aromatic nitrogens is 4. The maximum absolute atomic E-state index is 13.6. The van der Waals surface area contributed by atoms with E-state index in [0.29, 0.717) is 31.2 Å². The summed E-state index contributed by atoms with van der Waals surface area (Å²) in [5.41, 5.74) is 4.79. The Labute approximate surface area is 325 Å². The lowest BCUT2D eigenvalue weighted by Crippen LogP contribution is -2.57. The monoisotopic (exact) mass is 770 g/mol. The van der Waals surface area contributed by atoms with Gasteiger partial charge in [-0.15, -0.1) is 0 Å². The van der Waals surface area contributed by atoms with Crippen LogP contribution in [-0.4, -0.2) is 118 Å². The molecule has 2 saturated heterocycles. The minimum Gasteiger partial charge on any atom is -0.465 e. The van der Waals surface area contributed by atoms with E-state index in [0.717, 1.165) is 52.9 Å². The Kier molecular flexibility index (Phi) is 12.1. The first-order valence-electron chi connectivity index (χ1n) is 18.7. The third-order valence-corrected chi connectivity index (χ3v) is 11.1. The van der Waals surface area contributed by atoms with Gasteiger partial charge in [-0.25, -0.2) is 19.6 Å². The average Bonchev–Trinajstić information content (AvgIpc) is 4.05. The molecule has 4 heterocycles. The van der Waals surface area contributed by atoms with Crippen LogP contribution in [0, 0.1) is 0 Å². The Morgan fingerprint density at radius 2 is 1.34 bits per heavy atom. The number of carboxylic acid groups (broad SMARTS) is 1. The van der Waals surface area contributed by atoms with Gasteiger partial charge in [-0.05, 0) is 68.7 Å². The number of carbonyl (C=O) groups excluding carboxylic acids is 3. The molecule has 16 heteroatoms. The van der Waals surface area contributed by atoms with E-state index in [4.69, 9.17) is 14.2 Å². The number of rotatable bonds is 13. The summed E-state index contributed by atoms with van der Waals surface area (Å²) in [5, 5.41) is 14.3. The van der Waals surface area contributed by atoms with Crippen LogP contribution in [0.15, 0.2) is 60.9 Å². The molecule has 2 aliphatic heterocycles. The van der Waals surface area contributed by atoms with Crippen molar-refractivity contribution >= 4 is 24.0 Å². The SMILES string of the molecule is COC(=O)N[C@H](C(=O)N1CCC[C@H]1c1ncc(-c2ccc(-c3ccc(-c4cnc([C@]5(C)CCCN5C(=O)[C@@H](NC(=O)O)[C@@H](C)OC)[nH]4)cc3)cc2)[nH]1)[C@@H](C)OC. The van der Waals surface area contributed by atoms with E-state index in [2.05, 4.69) is 30.6 Å². The van der Waals surface area contributed by atoms with Gasteiger partial charge in [-0.1, -0.05) is 48.5 Å². The predicted molar refractivity (Wildman–Crippen MR) is 206 cm³/mol. The summed E-state index contributed by atoms with van der Waals surface area (Å²) in [6.45, 7) is 6.35. The highest BCUT2D eigenvalue weighted by Gasteiger charge is 2.46. The summed E-state index contributed by atoms with van der Waals surface area (Å²) >= 11 is 0. The van der Waals surface area contributed by atoms with Crippen LogP contribution in [-0.2, 0) is 29.3 Å². The smallest absolute Gasteiger partial charge is 0.407 e. The largest absolute Gasteiger partial charge is 0.465 e. The Balaban J connectivity index is 1.13. The van der Waals surface area contributed by atoms with Crippen LogP contribution >= 0.6 is 0 Å². The van der Waals surface area contributed by atoms with Gasteiger partial charge >= 0.3 is 12.2 Å². The number of hydrogen-bond donors (Lipinski definition) is 5. The molecule has 56 heavy (non-hydrogen) atoms. The number of H-pyrrole nitrogens is 2. The van der Waals surface area contributed by atoms with Crippen molar-refractivity contribution in [3.05, 3.63) is 72.6 Å². The minimum absolute atomic E-state index is 0.256. The third-order valence-electron chi connectivity index (χ3n) is 11.1. The number of alkyl carbamates (subject to hydrolysis) is 1. The number of imidazole rings is 2. The number of ether oxygens (including phenoxy) is 3. The first-order chi connectivity index (χ1) is 26.9. The van der Waals surface area contributed by atoms with Gasteiger partial charge < -0.3 is 49.7 Å². The van der Waals surface area contributed by atoms with Gasteiger partial charge in [0, 0.05) is 27.3 Å². The van der Waals surface area contributed by atoms with E-state index in [1.54, 1.807) is 36.0 Å². The molecule has 6 atom stereocenters. The van der Waals surface area contributed by atoms with Crippen LogP contribution in [0.2, 0.25) is 0 Å². The number of carbonyl (C=O) groups is 4. The van der Waals surface area contributed by atoms with Gasteiger partial charge in [-0.2, -0.15) is 0 Å². The molecular formula is C40H50N8O8. The highest BCUT2D eigenvalue weighted by atomic mass is 16.5. The molecule has 0 spiro atoms. The van der Waals surface area contributed by atoms with Crippen LogP contribution in [0.3, 0.4) is 0 Å².